The first-order valence-corrected chi connectivity index (χ1v) is 6.62. The number of carboxylic acids is 1. The van der Waals surface area contributed by atoms with Gasteiger partial charge in [0.15, 0.2) is 0 Å². The summed E-state index contributed by atoms with van der Waals surface area (Å²) >= 11 is 0. The molecule has 2 rings (SSSR count). The van der Waals surface area contributed by atoms with E-state index < -0.39 is 5.97 Å². The highest BCUT2D eigenvalue weighted by Crippen LogP contribution is 2.15. The Hall–Kier alpha value is -1.82. The third-order valence-corrected chi connectivity index (χ3v) is 3.28. The van der Waals surface area contributed by atoms with Crippen molar-refractivity contribution in [3.05, 3.63) is 17.8 Å². The number of pyridine rings is 1. The van der Waals surface area contributed by atoms with Crippen LogP contribution in [0.4, 0.5) is 11.5 Å². The van der Waals surface area contributed by atoms with Crippen LogP contribution in [0.25, 0.3) is 0 Å². The molecule has 0 aliphatic carbocycles. The first kappa shape index (κ1) is 13.6. The monoisotopic (exact) mass is 264 g/mol. The normalized spacial score (nSPS) is 15.6. The molecule has 0 unspecified atom stereocenters. The molecule has 1 saturated heterocycles. The van der Waals surface area contributed by atoms with Crippen molar-refractivity contribution in [2.45, 2.75) is 19.3 Å². The molecule has 19 heavy (non-hydrogen) atoms. The number of nitrogens with zero attached hydrogens (tertiary/aromatic N) is 2. The van der Waals surface area contributed by atoms with E-state index in [9.17, 15) is 4.79 Å². The molecule has 1 aliphatic heterocycles. The number of carbonyl (C=O) groups is 1. The molecule has 6 nitrogen and oxygen atoms in total. The Morgan fingerprint density at radius 1 is 1.47 bits per heavy atom. The molecule has 0 saturated carbocycles. The van der Waals surface area contributed by atoms with Crippen molar-refractivity contribution >= 4 is 17.5 Å². The minimum absolute atomic E-state index is 0.126. The van der Waals surface area contributed by atoms with Gasteiger partial charge in [0.25, 0.3) is 0 Å². The van der Waals surface area contributed by atoms with Gasteiger partial charge >= 0.3 is 5.97 Å². The van der Waals surface area contributed by atoms with Gasteiger partial charge in [0.2, 0.25) is 0 Å². The summed E-state index contributed by atoms with van der Waals surface area (Å²) in [5, 5.41) is 12.1. The van der Waals surface area contributed by atoms with E-state index in [0.717, 1.165) is 13.0 Å². The number of rotatable bonds is 6. The molecule has 104 valence electrons. The van der Waals surface area contributed by atoms with Crippen LogP contribution < -0.4 is 11.1 Å². The van der Waals surface area contributed by atoms with Crippen LogP contribution in [-0.4, -0.2) is 47.1 Å². The summed E-state index contributed by atoms with van der Waals surface area (Å²) in [6.45, 7) is 4.12. The average Bonchev–Trinajstić information content (AvgIpc) is 2.89. The van der Waals surface area contributed by atoms with E-state index in [-0.39, 0.29) is 5.56 Å². The van der Waals surface area contributed by atoms with Gasteiger partial charge in [-0.15, -0.1) is 0 Å². The molecule has 0 atom stereocenters. The third kappa shape index (κ3) is 3.82. The quantitative estimate of drug-likeness (QED) is 0.670. The van der Waals surface area contributed by atoms with Crippen LogP contribution in [-0.2, 0) is 0 Å². The van der Waals surface area contributed by atoms with Gasteiger partial charge in [-0.05, 0) is 45.0 Å². The molecule has 1 aromatic heterocycles. The zero-order chi connectivity index (χ0) is 13.7. The summed E-state index contributed by atoms with van der Waals surface area (Å²) in [4.78, 5) is 17.5. The zero-order valence-electron chi connectivity index (χ0n) is 10.9. The summed E-state index contributed by atoms with van der Waals surface area (Å²) in [6, 6.07) is 1.43. The van der Waals surface area contributed by atoms with Gasteiger partial charge in [0.1, 0.15) is 11.4 Å². The van der Waals surface area contributed by atoms with Gasteiger partial charge in [-0.25, -0.2) is 9.78 Å². The van der Waals surface area contributed by atoms with E-state index in [1.54, 1.807) is 0 Å². The fourth-order valence-electron chi connectivity index (χ4n) is 2.30. The lowest BCUT2D eigenvalue weighted by Gasteiger charge is -2.15. The Labute approximate surface area is 112 Å². The van der Waals surface area contributed by atoms with Gasteiger partial charge in [0.05, 0.1) is 11.9 Å². The number of hydrogen-bond acceptors (Lipinski definition) is 5. The van der Waals surface area contributed by atoms with E-state index in [2.05, 4.69) is 15.2 Å². The van der Waals surface area contributed by atoms with Crippen molar-refractivity contribution < 1.29 is 9.90 Å². The van der Waals surface area contributed by atoms with E-state index in [1.165, 1.54) is 38.2 Å². The molecule has 0 aromatic carbocycles. The van der Waals surface area contributed by atoms with Gasteiger partial charge in [-0.3, -0.25) is 0 Å². The fourth-order valence-corrected chi connectivity index (χ4v) is 2.30. The molecule has 0 bridgehead atoms. The highest BCUT2D eigenvalue weighted by molar-refractivity contribution is 5.94. The molecule has 6 heteroatoms. The van der Waals surface area contributed by atoms with Crippen molar-refractivity contribution in [2.24, 2.45) is 0 Å². The molecule has 1 fully saturated rings. The lowest BCUT2D eigenvalue weighted by molar-refractivity contribution is 0.0697. The number of hydrogen-bond donors (Lipinski definition) is 3. The molecular weight excluding hydrogens is 244 g/mol. The predicted octanol–water partition coefficient (Wildman–Crippen LogP) is 1.26. The number of aromatic nitrogens is 1. The first-order valence-electron chi connectivity index (χ1n) is 6.62. The second-order valence-corrected chi connectivity index (χ2v) is 4.80. The number of nitrogens with one attached hydrogen (secondary N) is 1. The highest BCUT2D eigenvalue weighted by atomic mass is 16.4. The summed E-state index contributed by atoms with van der Waals surface area (Å²) < 4.78 is 0. The molecule has 0 amide bonds. The largest absolute Gasteiger partial charge is 0.478 e. The molecule has 0 spiro atoms. The number of carboxylic acid groups (broad SMARTS) is 1. The standard InChI is InChI=1S/C13H20N4O2/c14-10-8-11(13(18)19)12(16-9-10)15-4-3-7-17-5-1-2-6-17/h8-9H,1-7,14H2,(H,15,16)(H,18,19). The van der Waals surface area contributed by atoms with Crippen LogP contribution in [0.3, 0.4) is 0 Å². The van der Waals surface area contributed by atoms with Gasteiger partial charge in [-0.1, -0.05) is 0 Å². The van der Waals surface area contributed by atoms with Gasteiger partial charge in [-0.2, -0.15) is 0 Å². The topological polar surface area (TPSA) is 91.5 Å². The Morgan fingerprint density at radius 3 is 2.89 bits per heavy atom. The van der Waals surface area contributed by atoms with Crippen molar-refractivity contribution in [1.82, 2.24) is 9.88 Å². The maximum absolute atomic E-state index is 11.1. The molecule has 4 N–H and O–H groups in total. The van der Waals surface area contributed by atoms with Crippen molar-refractivity contribution in [1.29, 1.82) is 0 Å². The summed E-state index contributed by atoms with van der Waals surface area (Å²) in [7, 11) is 0. The van der Waals surface area contributed by atoms with Crippen LogP contribution in [0, 0.1) is 0 Å². The van der Waals surface area contributed by atoms with Gasteiger partial charge in [0, 0.05) is 6.54 Å². The lowest BCUT2D eigenvalue weighted by Crippen LogP contribution is -2.22. The summed E-state index contributed by atoms with van der Waals surface area (Å²) in [5.74, 6) is -0.620. The Balaban J connectivity index is 1.83. The SMILES string of the molecule is Nc1cnc(NCCCN2CCCC2)c(C(=O)O)c1. The first-order chi connectivity index (χ1) is 9.16. The Bertz CT molecular complexity index is 444. The lowest BCUT2D eigenvalue weighted by atomic mass is 10.2. The minimum Gasteiger partial charge on any atom is -0.478 e. The summed E-state index contributed by atoms with van der Waals surface area (Å²) in [5.41, 5.74) is 6.03. The Morgan fingerprint density at radius 2 is 2.21 bits per heavy atom. The summed E-state index contributed by atoms with van der Waals surface area (Å²) in [6.07, 6.45) is 5.02. The molecule has 0 radical (unpaired) electrons. The van der Waals surface area contributed by atoms with E-state index >= 15 is 0 Å². The second-order valence-electron chi connectivity index (χ2n) is 4.80. The second kappa shape index (κ2) is 6.38. The molecule has 1 aromatic rings. The maximum atomic E-state index is 11.1. The van der Waals surface area contributed by atoms with Gasteiger partial charge < -0.3 is 21.1 Å². The third-order valence-electron chi connectivity index (χ3n) is 3.28. The molecule has 1 aliphatic rings. The highest BCUT2D eigenvalue weighted by Gasteiger charge is 2.13. The predicted molar refractivity (Wildman–Crippen MR) is 74.4 cm³/mol. The number of likely N-dealkylation sites (tertiary alicyclic amines) is 1. The molecule has 2 heterocycles. The van der Waals surface area contributed by atoms with E-state index in [0.29, 0.717) is 18.1 Å². The minimum atomic E-state index is -1.01. The molecular formula is C13H20N4O2. The zero-order valence-corrected chi connectivity index (χ0v) is 10.9. The smallest absolute Gasteiger partial charge is 0.339 e. The Kier molecular flexibility index (Phi) is 4.57. The van der Waals surface area contributed by atoms with Crippen molar-refractivity contribution in [2.75, 3.05) is 37.2 Å². The van der Waals surface area contributed by atoms with Crippen LogP contribution in [0.2, 0.25) is 0 Å². The van der Waals surface area contributed by atoms with Crippen LogP contribution >= 0.6 is 0 Å². The maximum Gasteiger partial charge on any atom is 0.339 e. The number of aromatic carboxylic acids is 1. The van der Waals surface area contributed by atoms with Crippen molar-refractivity contribution in [3.8, 4) is 0 Å². The van der Waals surface area contributed by atoms with E-state index in [1.807, 2.05) is 0 Å². The average molecular weight is 264 g/mol. The fraction of sp³-hybridized carbons (Fsp3) is 0.538. The number of anilines is 2. The van der Waals surface area contributed by atoms with E-state index in [4.69, 9.17) is 10.8 Å². The van der Waals surface area contributed by atoms with Crippen LogP contribution in [0.1, 0.15) is 29.6 Å². The van der Waals surface area contributed by atoms with Crippen LogP contribution in [0.5, 0.6) is 0 Å². The van der Waals surface area contributed by atoms with Crippen LogP contribution in [0.15, 0.2) is 12.3 Å². The number of nitrogens with two attached hydrogens (primary N) is 1. The number of nitrogen functional groups attached to an aromatic ring is 1. The van der Waals surface area contributed by atoms with Crippen molar-refractivity contribution in [3.63, 3.8) is 0 Å².